The van der Waals surface area contributed by atoms with E-state index < -0.39 is 10.0 Å². The maximum absolute atomic E-state index is 12.6. The Kier molecular flexibility index (Phi) is 6.74. The Hall–Kier alpha value is -2.19. The number of carbonyl (C=O) groups excluding carboxylic acids is 1. The predicted octanol–water partition coefficient (Wildman–Crippen LogP) is 2.42. The number of aryl methyl sites for hydroxylation is 4. The van der Waals surface area contributed by atoms with Gasteiger partial charge in [0.25, 0.3) is 0 Å². The third-order valence-corrected chi connectivity index (χ3v) is 6.85. The van der Waals surface area contributed by atoms with E-state index in [-0.39, 0.29) is 16.7 Å². The second-order valence-corrected chi connectivity index (χ2v) is 9.68. The zero-order chi connectivity index (χ0) is 21.0. The van der Waals surface area contributed by atoms with Crippen LogP contribution in [0.2, 0.25) is 0 Å². The number of carbonyl (C=O) groups is 1. The molecule has 0 bridgehead atoms. The SMILES string of the molecule is Cc1ccc(S(=O)(=O)NCC2CCCN(C(=O)CCn3nc(C)cc3C)C2)cc1. The van der Waals surface area contributed by atoms with Gasteiger partial charge in [-0.25, -0.2) is 13.1 Å². The van der Waals surface area contributed by atoms with Crippen LogP contribution in [0.25, 0.3) is 0 Å². The molecular formula is C21H30N4O3S. The van der Waals surface area contributed by atoms with Crippen molar-refractivity contribution in [2.45, 2.75) is 51.5 Å². The molecule has 8 heteroatoms. The van der Waals surface area contributed by atoms with Gasteiger partial charge in [0.1, 0.15) is 0 Å². The number of amides is 1. The summed E-state index contributed by atoms with van der Waals surface area (Å²) >= 11 is 0. The maximum Gasteiger partial charge on any atom is 0.240 e. The first-order valence-corrected chi connectivity index (χ1v) is 11.6. The molecular weight excluding hydrogens is 388 g/mol. The number of nitrogens with zero attached hydrogens (tertiary/aromatic N) is 3. The molecule has 1 unspecified atom stereocenters. The lowest BCUT2D eigenvalue weighted by molar-refractivity contribution is -0.133. The van der Waals surface area contributed by atoms with Gasteiger partial charge in [-0.2, -0.15) is 5.10 Å². The molecule has 0 radical (unpaired) electrons. The van der Waals surface area contributed by atoms with Crippen LogP contribution in [0.3, 0.4) is 0 Å². The number of benzene rings is 1. The molecule has 158 valence electrons. The standard InChI is InChI=1S/C21H30N4O3S/c1-16-6-8-20(9-7-16)29(27,28)22-14-19-5-4-11-24(15-19)21(26)10-12-25-18(3)13-17(2)23-25/h6-9,13,19,22H,4-5,10-12,14-15H2,1-3H3. The third kappa shape index (κ3) is 5.67. The molecule has 1 aromatic heterocycles. The summed E-state index contributed by atoms with van der Waals surface area (Å²) in [6, 6.07) is 8.82. The van der Waals surface area contributed by atoms with Gasteiger partial charge in [0.2, 0.25) is 15.9 Å². The fraction of sp³-hybridized carbons (Fsp3) is 0.524. The van der Waals surface area contributed by atoms with Gasteiger partial charge in [-0.1, -0.05) is 17.7 Å². The minimum absolute atomic E-state index is 0.101. The Morgan fingerprint density at radius 1 is 1.21 bits per heavy atom. The second-order valence-electron chi connectivity index (χ2n) is 7.91. The molecule has 1 aliphatic heterocycles. The van der Waals surface area contributed by atoms with Crippen LogP contribution in [0.5, 0.6) is 0 Å². The Morgan fingerprint density at radius 2 is 1.93 bits per heavy atom. The lowest BCUT2D eigenvalue weighted by Crippen LogP contribution is -2.43. The summed E-state index contributed by atoms with van der Waals surface area (Å²) in [5.41, 5.74) is 3.03. The fourth-order valence-corrected chi connectivity index (χ4v) is 4.86. The number of hydrogen-bond acceptors (Lipinski definition) is 4. The van der Waals surface area contributed by atoms with Crippen LogP contribution in [0, 0.1) is 26.7 Å². The van der Waals surface area contributed by atoms with Crippen LogP contribution in [-0.2, 0) is 21.4 Å². The van der Waals surface area contributed by atoms with Crippen molar-refractivity contribution in [2.24, 2.45) is 5.92 Å². The van der Waals surface area contributed by atoms with E-state index in [0.29, 0.717) is 26.1 Å². The lowest BCUT2D eigenvalue weighted by atomic mass is 9.98. The van der Waals surface area contributed by atoms with E-state index in [1.807, 2.05) is 36.4 Å². The van der Waals surface area contributed by atoms with Crippen LogP contribution < -0.4 is 4.72 Å². The Labute approximate surface area is 173 Å². The van der Waals surface area contributed by atoms with Gasteiger partial charge in [-0.15, -0.1) is 0 Å². The van der Waals surface area contributed by atoms with Crippen molar-refractivity contribution in [3.63, 3.8) is 0 Å². The molecule has 1 aliphatic rings. The molecule has 1 aromatic carbocycles. The summed E-state index contributed by atoms with van der Waals surface area (Å²) in [6.07, 6.45) is 2.21. The molecule has 2 aromatic rings. The molecule has 7 nitrogen and oxygen atoms in total. The molecule has 1 saturated heterocycles. The van der Waals surface area contributed by atoms with E-state index in [4.69, 9.17) is 0 Å². The van der Waals surface area contributed by atoms with Crippen LogP contribution in [-0.4, -0.2) is 48.6 Å². The smallest absolute Gasteiger partial charge is 0.240 e. The number of aromatic nitrogens is 2. The van der Waals surface area contributed by atoms with Gasteiger partial charge in [0.15, 0.2) is 0 Å². The van der Waals surface area contributed by atoms with Crippen molar-refractivity contribution >= 4 is 15.9 Å². The van der Waals surface area contributed by atoms with Gasteiger partial charge < -0.3 is 4.90 Å². The Bertz CT molecular complexity index is 951. The summed E-state index contributed by atoms with van der Waals surface area (Å²) in [4.78, 5) is 14.8. The zero-order valence-corrected chi connectivity index (χ0v) is 18.2. The number of piperidine rings is 1. The Morgan fingerprint density at radius 3 is 2.59 bits per heavy atom. The number of hydrogen-bond donors (Lipinski definition) is 1. The highest BCUT2D eigenvalue weighted by Gasteiger charge is 2.25. The van der Waals surface area contributed by atoms with Crippen molar-refractivity contribution < 1.29 is 13.2 Å². The summed E-state index contributed by atoms with van der Waals surface area (Å²) in [5, 5.41) is 4.40. The summed E-state index contributed by atoms with van der Waals surface area (Å²) < 4.78 is 29.6. The quantitative estimate of drug-likeness (QED) is 0.748. The number of rotatable bonds is 7. The van der Waals surface area contributed by atoms with Gasteiger partial charge in [0, 0.05) is 38.3 Å². The molecule has 29 heavy (non-hydrogen) atoms. The molecule has 1 fully saturated rings. The van der Waals surface area contributed by atoms with Crippen LogP contribution in [0.15, 0.2) is 35.2 Å². The van der Waals surface area contributed by atoms with E-state index >= 15 is 0 Å². The van der Waals surface area contributed by atoms with E-state index in [0.717, 1.165) is 36.3 Å². The zero-order valence-electron chi connectivity index (χ0n) is 17.4. The lowest BCUT2D eigenvalue weighted by Gasteiger charge is -2.33. The van der Waals surface area contributed by atoms with Crippen molar-refractivity contribution in [3.05, 3.63) is 47.3 Å². The maximum atomic E-state index is 12.6. The minimum Gasteiger partial charge on any atom is -0.342 e. The van der Waals surface area contributed by atoms with Crippen molar-refractivity contribution in [1.82, 2.24) is 19.4 Å². The summed E-state index contributed by atoms with van der Waals surface area (Å²) in [5.74, 6) is 0.227. The first-order chi connectivity index (χ1) is 13.7. The number of nitrogens with one attached hydrogen (secondary N) is 1. The number of likely N-dealkylation sites (tertiary alicyclic amines) is 1. The molecule has 1 amide bonds. The van der Waals surface area contributed by atoms with E-state index in [2.05, 4.69) is 9.82 Å². The molecule has 3 rings (SSSR count). The Balaban J connectivity index is 1.51. The first kappa shape index (κ1) is 21.5. The largest absolute Gasteiger partial charge is 0.342 e. The minimum atomic E-state index is -3.53. The van der Waals surface area contributed by atoms with Crippen molar-refractivity contribution in [2.75, 3.05) is 19.6 Å². The predicted molar refractivity (Wildman–Crippen MR) is 112 cm³/mol. The van der Waals surface area contributed by atoms with Gasteiger partial charge in [0.05, 0.1) is 10.6 Å². The number of sulfonamides is 1. The second kappa shape index (κ2) is 9.09. The van der Waals surface area contributed by atoms with Gasteiger partial charge >= 0.3 is 0 Å². The highest BCUT2D eigenvalue weighted by Crippen LogP contribution is 2.18. The summed E-state index contributed by atoms with van der Waals surface area (Å²) in [7, 11) is -3.53. The molecule has 0 saturated carbocycles. The van der Waals surface area contributed by atoms with Crippen molar-refractivity contribution in [1.29, 1.82) is 0 Å². The molecule has 1 atom stereocenters. The van der Waals surface area contributed by atoms with Crippen LogP contribution in [0.4, 0.5) is 0 Å². The van der Waals surface area contributed by atoms with Crippen LogP contribution in [0.1, 0.15) is 36.2 Å². The molecule has 1 N–H and O–H groups in total. The average Bonchev–Trinajstić information content (AvgIpc) is 3.02. The topological polar surface area (TPSA) is 84.3 Å². The molecule has 0 aliphatic carbocycles. The van der Waals surface area contributed by atoms with Gasteiger partial charge in [-0.3, -0.25) is 9.48 Å². The molecule has 2 heterocycles. The van der Waals surface area contributed by atoms with E-state index in [9.17, 15) is 13.2 Å². The fourth-order valence-electron chi connectivity index (χ4n) is 3.75. The summed E-state index contributed by atoms with van der Waals surface area (Å²) in [6.45, 7) is 8.09. The van der Waals surface area contributed by atoms with Crippen molar-refractivity contribution in [3.8, 4) is 0 Å². The van der Waals surface area contributed by atoms with Crippen LogP contribution >= 0.6 is 0 Å². The average molecular weight is 419 g/mol. The first-order valence-electron chi connectivity index (χ1n) is 10.1. The monoisotopic (exact) mass is 418 g/mol. The third-order valence-electron chi connectivity index (χ3n) is 5.41. The van der Waals surface area contributed by atoms with E-state index in [1.165, 1.54) is 0 Å². The van der Waals surface area contributed by atoms with Gasteiger partial charge in [-0.05, 0) is 57.7 Å². The normalized spacial score (nSPS) is 17.5. The highest BCUT2D eigenvalue weighted by molar-refractivity contribution is 7.89. The van der Waals surface area contributed by atoms with E-state index in [1.54, 1.807) is 24.3 Å². The molecule has 0 spiro atoms. The highest BCUT2D eigenvalue weighted by atomic mass is 32.2.